The van der Waals surface area contributed by atoms with E-state index in [0.717, 1.165) is 0 Å². The number of nitrogens with zero attached hydrogens (tertiary/aromatic N) is 4. The third kappa shape index (κ3) is 1.52. The van der Waals surface area contributed by atoms with Crippen LogP contribution in [0.15, 0.2) is 30.6 Å². The molecule has 0 aromatic carbocycles. The Balaban J connectivity index is 2.67. The topological polar surface area (TPSA) is 65.4 Å². The van der Waals surface area contributed by atoms with Crippen LogP contribution in [-0.2, 0) is 0 Å². The lowest BCUT2D eigenvalue weighted by atomic mass is 10.3. The van der Waals surface area contributed by atoms with Gasteiger partial charge in [0.15, 0.2) is 5.82 Å². The summed E-state index contributed by atoms with van der Waals surface area (Å²) in [5, 5.41) is 18.0. The fourth-order valence-electron chi connectivity index (χ4n) is 1.34. The second kappa shape index (κ2) is 4.06. The molecule has 0 bridgehead atoms. The fourth-order valence-corrected chi connectivity index (χ4v) is 1.59. The molecule has 0 spiro atoms. The van der Waals surface area contributed by atoms with Gasteiger partial charge in [0.2, 0.25) is 0 Å². The van der Waals surface area contributed by atoms with Gasteiger partial charge in [-0.2, -0.15) is 10.5 Å². The van der Waals surface area contributed by atoms with Gasteiger partial charge in [-0.15, -0.1) is 0 Å². The van der Waals surface area contributed by atoms with Gasteiger partial charge in [-0.25, -0.2) is 4.98 Å². The van der Waals surface area contributed by atoms with E-state index in [0.29, 0.717) is 17.1 Å². The molecule has 0 aliphatic carbocycles. The molecule has 0 N–H and O–H groups in total. The molecule has 5 heteroatoms. The van der Waals surface area contributed by atoms with Crippen molar-refractivity contribution >= 4 is 11.6 Å². The molecule has 16 heavy (non-hydrogen) atoms. The van der Waals surface area contributed by atoms with Crippen molar-refractivity contribution in [1.82, 2.24) is 9.55 Å². The molecule has 2 heterocycles. The summed E-state index contributed by atoms with van der Waals surface area (Å²) in [4.78, 5) is 4.07. The average Bonchev–Trinajstić information content (AvgIpc) is 2.77. The van der Waals surface area contributed by atoms with Crippen LogP contribution in [0.5, 0.6) is 0 Å². The van der Waals surface area contributed by atoms with Crippen LogP contribution in [-0.4, -0.2) is 9.55 Å². The van der Waals surface area contributed by atoms with E-state index in [2.05, 4.69) is 4.98 Å². The Morgan fingerprint density at radius 2 is 2.06 bits per heavy atom. The van der Waals surface area contributed by atoms with Crippen LogP contribution < -0.4 is 0 Å². The Labute approximate surface area is 96.9 Å². The van der Waals surface area contributed by atoms with E-state index in [-0.39, 0.29) is 5.02 Å². The molecule has 76 valence electrons. The van der Waals surface area contributed by atoms with Gasteiger partial charge in [-0.3, -0.25) is 4.57 Å². The van der Waals surface area contributed by atoms with E-state index in [1.54, 1.807) is 22.9 Å². The molecule has 0 saturated heterocycles. The minimum atomic E-state index is 0.248. The van der Waals surface area contributed by atoms with Crippen molar-refractivity contribution in [3.8, 4) is 18.0 Å². The van der Waals surface area contributed by atoms with E-state index in [9.17, 15) is 0 Å². The standard InChI is InChI=1S/C11H5ClN4/c12-10-8(6-13)3-4-15-11(10)16-5-1-2-9(16)7-14/h1-5H. The van der Waals surface area contributed by atoms with Crippen LogP contribution in [0.4, 0.5) is 0 Å². The highest BCUT2D eigenvalue weighted by Crippen LogP contribution is 2.23. The van der Waals surface area contributed by atoms with Gasteiger partial charge >= 0.3 is 0 Å². The first kappa shape index (κ1) is 10.2. The molecule has 0 atom stereocenters. The van der Waals surface area contributed by atoms with Gasteiger partial charge in [0.1, 0.15) is 22.9 Å². The van der Waals surface area contributed by atoms with E-state index in [1.807, 2.05) is 12.1 Å². The van der Waals surface area contributed by atoms with Crippen LogP contribution in [0.2, 0.25) is 5.02 Å². The van der Waals surface area contributed by atoms with Crippen molar-refractivity contribution in [2.75, 3.05) is 0 Å². The maximum atomic E-state index is 8.88. The molecule has 0 saturated carbocycles. The van der Waals surface area contributed by atoms with E-state index < -0.39 is 0 Å². The highest BCUT2D eigenvalue weighted by molar-refractivity contribution is 6.33. The Morgan fingerprint density at radius 3 is 2.75 bits per heavy atom. The highest BCUT2D eigenvalue weighted by Gasteiger charge is 2.11. The summed E-state index contributed by atoms with van der Waals surface area (Å²) in [6.07, 6.45) is 3.16. The summed E-state index contributed by atoms with van der Waals surface area (Å²) in [7, 11) is 0. The van der Waals surface area contributed by atoms with E-state index >= 15 is 0 Å². The largest absolute Gasteiger partial charge is 0.291 e. The lowest BCUT2D eigenvalue weighted by Crippen LogP contribution is -2.00. The minimum Gasteiger partial charge on any atom is -0.291 e. The summed E-state index contributed by atoms with van der Waals surface area (Å²) in [5.41, 5.74) is 0.758. The number of halogens is 1. The second-order valence-corrected chi connectivity index (χ2v) is 3.36. The first-order chi connectivity index (χ1) is 7.77. The average molecular weight is 229 g/mol. The van der Waals surface area contributed by atoms with Crippen LogP contribution in [0, 0.1) is 22.7 Å². The smallest absolute Gasteiger partial charge is 0.157 e. The summed E-state index contributed by atoms with van der Waals surface area (Å²) in [6, 6.07) is 8.88. The van der Waals surface area contributed by atoms with Gasteiger partial charge in [-0.1, -0.05) is 11.6 Å². The molecule has 0 aliphatic heterocycles. The SMILES string of the molecule is N#Cc1ccnc(-n2cccc2C#N)c1Cl. The van der Waals surface area contributed by atoms with Crippen LogP contribution >= 0.6 is 11.6 Å². The number of aromatic nitrogens is 2. The van der Waals surface area contributed by atoms with Gasteiger partial charge < -0.3 is 0 Å². The van der Waals surface area contributed by atoms with Gasteiger partial charge in [0.25, 0.3) is 0 Å². The number of hydrogen-bond acceptors (Lipinski definition) is 3. The zero-order chi connectivity index (χ0) is 11.5. The van der Waals surface area contributed by atoms with E-state index in [4.69, 9.17) is 22.1 Å². The quantitative estimate of drug-likeness (QED) is 0.752. The molecule has 2 aromatic heterocycles. The second-order valence-electron chi connectivity index (χ2n) is 2.98. The van der Waals surface area contributed by atoms with Crippen LogP contribution in [0.1, 0.15) is 11.3 Å². The molecule has 0 radical (unpaired) electrons. The Morgan fingerprint density at radius 1 is 1.25 bits per heavy atom. The number of hydrogen-bond donors (Lipinski definition) is 0. The van der Waals surface area contributed by atoms with Crippen molar-refractivity contribution < 1.29 is 0 Å². The third-order valence-electron chi connectivity index (χ3n) is 2.08. The summed E-state index contributed by atoms with van der Waals surface area (Å²) in [5.74, 6) is 0.391. The summed E-state index contributed by atoms with van der Waals surface area (Å²) >= 11 is 6.01. The molecule has 2 aromatic rings. The maximum absolute atomic E-state index is 8.88. The molecule has 0 aliphatic rings. The monoisotopic (exact) mass is 228 g/mol. The molecule has 0 fully saturated rings. The minimum absolute atomic E-state index is 0.248. The van der Waals surface area contributed by atoms with Crippen molar-refractivity contribution in [3.63, 3.8) is 0 Å². The van der Waals surface area contributed by atoms with Gasteiger partial charge in [-0.05, 0) is 18.2 Å². The van der Waals surface area contributed by atoms with Crippen molar-refractivity contribution in [2.45, 2.75) is 0 Å². The fraction of sp³-hybridized carbons (Fsp3) is 0. The first-order valence-corrected chi connectivity index (χ1v) is 4.78. The predicted octanol–water partition coefficient (Wildman–Crippen LogP) is 2.27. The molecule has 0 unspecified atom stereocenters. The van der Waals surface area contributed by atoms with Crippen molar-refractivity contribution in [2.24, 2.45) is 0 Å². The maximum Gasteiger partial charge on any atom is 0.157 e. The number of rotatable bonds is 1. The molecule has 4 nitrogen and oxygen atoms in total. The summed E-state index contributed by atoms with van der Waals surface area (Å²) < 4.78 is 1.54. The molecular weight excluding hydrogens is 224 g/mol. The Hall–Kier alpha value is -2.30. The van der Waals surface area contributed by atoms with Crippen LogP contribution in [0.25, 0.3) is 5.82 Å². The lowest BCUT2D eigenvalue weighted by Gasteiger charge is -2.06. The highest BCUT2D eigenvalue weighted by atomic mass is 35.5. The lowest BCUT2D eigenvalue weighted by molar-refractivity contribution is 0.987. The van der Waals surface area contributed by atoms with Crippen LogP contribution in [0.3, 0.4) is 0 Å². The van der Waals surface area contributed by atoms with Gasteiger partial charge in [0, 0.05) is 12.4 Å². The Kier molecular flexibility index (Phi) is 2.59. The molecule has 0 amide bonds. The zero-order valence-corrected chi connectivity index (χ0v) is 8.81. The van der Waals surface area contributed by atoms with Gasteiger partial charge in [0.05, 0.1) is 5.56 Å². The Bertz CT molecular complexity index is 616. The van der Waals surface area contributed by atoms with Crippen molar-refractivity contribution in [3.05, 3.63) is 46.9 Å². The molecular formula is C11H5ClN4. The first-order valence-electron chi connectivity index (χ1n) is 4.40. The number of nitriles is 2. The predicted molar refractivity (Wildman–Crippen MR) is 58.0 cm³/mol. The third-order valence-corrected chi connectivity index (χ3v) is 2.46. The summed E-state index contributed by atoms with van der Waals surface area (Å²) in [6.45, 7) is 0. The number of pyridine rings is 1. The molecule has 2 rings (SSSR count). The van der Waals surface area contributed by atoms with Crippen molar-refractivity contribution in [1.29, 1.82) is 10.5 Å². The normalized spacial score (nSPS) is 9.44. The zero-order valence-electron chi connectivity index (χ0n) is 8.05. The van der Waals surface area contributed by atoms with E-state index in [1.165, 1.54) is 12.3 Å².